The molecule has 0 bridgehead atoms. The first-order chi connectivity index (χ1) is 16.0. The summed E-state index contributed by atoms with van der Waals surface area (Å²) in [5.41, 5.74) is 4.47. The molecule has 2 heterocycles. The molecule has 1 fully saturated rings. The van der Waals surface area contributed by atoms with Gasteiger partial charge in [-0.2, -0.15) is 0 Å². The van der Waals surface area contributed by atoms with Crippen molar-refractivity contribution in [1.29, 1.82) is 0 Å². The molecule has 3 aromatic rings. The lowest BCUT2D eigenvalue weighted by molar-refractivity contribution is -0.111. The molecule has 0 unspecified atom stereocenters. The van der Waals surface area contributed by atoms with Crippen molar-refractivity contribution in [2.24, 2.45) is 0 Å². The van der Waals surface area contributed by atoms with Gasteiger partial charge in [0.25, 0.3) is 0 Å². The first kappa shape index (κ1) is 23.2. The van der Waals surface area contributed by atoms with E-state index in [0.717, 1.165) is 27.0 Å². The van der Waals surface area contributed by atoms with Crippen LogP contribution in [0, 0.1) is 6.92 Å². The number of nitrogens with zero attached hydrogens (tertiary/aromatic N) is 3. The second-order valence-corrected chi connectivity index (χ2v) is 9.65. The van der Waals surface area contributed by atoms with Crippen molar-refractivity contribution in [3.8, 4) is 0 Å². The van der Waals surface area contributed by atoms with Gasteiger partial charge in [-0.05, 0) is 92.9 Å². The highest BCUT2D eigenvalue weighted by Crippen LogP contribution is 2.30. The smallest absolute Gasteiger partial charge is 0.247 e. The third-order valence-corrected chi connectivity index (χ3v) is 7.14. The van der Waals surface area contributed by atoms with Gasteiger partial charge in [0.05, 0.1) is 0 Å². The Morgan fingerprint density at radius 1 is 1.15 bits per heavy atom. The highest BCUT2D eigenvalue weighted by Gasteiger charge is 2.18. The van der Waals surface area contributed by atoms with Crippen LogP contribution in [0.4, 0.5) is 5.69 Å². The molecule has 1 amide bonds. The standard InChI is InChI=1S/C27H30N4OS/c1-4-26(32)29-23-9-11-24(12-10-23)33-27-19(2)18-28-25(30-27)17-20-5-7-21(8-6-20)22-13-15-31(3)16-14-22/h4-12,18,22H,1,13-17H2,2-3H3,(H,29,32). The Hall–Kier alpha value is -2.96. The Balaban J connectivity index is 1.41. The van der Waals surface area contributed by atoms with Gasteiger partial charge in [0.1, 0.15) is 10.9 Å². The number of carbonyl (C=O) groups is 1. The Morgan fingerprint density at radius 2 is 1.85 bits per heavy atom. The van der Waals surface area contributed by atoms with Crippen LogP contribution >= 0.6 is 11.8 Å². The second-order valence-electron chi connectivity index (χ2n) is 8.59. The van der Waals surface area contributed by atoms with Crippen molar-refractivity contribution in [1.82, 2.24) is 14.9 Å². The van der Waals surface area contributed by atoms with E-state index >= 15 is 0 Å². The summed E-state index contributed by atoms with van der Waals surface area (Å²) in [7, 11) is 2.20. The molecular formula is C27H30N4OS. The fraction of sp³-hybridized carbons (Fsp3) is 0.296. The van der Waals surface area contributed by atoms with E-state index in [1.165, 1.54) is 43.1 Å². The molecule has 6 heteroatoms. The number of hydrogen-bond acceptors (Lipinski definition) is 5. The van der Waals surface area contributed by atoms with Gasteiger partial charge in [-0.15, -0.1) is 0 Å². The number of amides is 1. The van der Waals surface area contributed by atoms with Crippen LogP contribution < -0.4 is 5.32 Å². The van der Waals surface area contributed by atoms with Crippen molar-refractivity contribution in [2.75, 3.05) is 25.5 Å². The minimum Gasteiger partial charge on any atom is -0.323 e. The fourth-order valence-corrected chi connectivity index (χ4v) is 4.85. The van der Waals surface area contributed by atoms with E-state index < -0.39 is 0 Å². The zero-order valence-corrected chi connectivity index (χ0v) is 20.1. The van der Waals surface area contributed by atoms with Crippen molar-refractivity contribution in [3.05, 3.63) is 89.9 Å². The van der Waals surface area contributed by atoms with Crippen molar-refractivity contribution in [3.63, 3.8) is 0 Å². The summed E-state index contributed by atoms with van der Waals surface area (Å²) in [6.45, 7) is 7.86. The van der Waals surface area contributed by atoms with Crippen LogP contribution in [0.2, 0.25) is 0 Å². The summed E-state index contributed by atoms with van der Waals surface area (Å²) in [5, 5.41) is 3.71. The van der Waals surface area contributed by atoms with Gasteiger partial charge in [0, 0.05) is 23.2 Å². The molecule has 33 heavy (non-hydrogen) atoms. The molecule has 170 valence electrons. The van der Waals surface area contributed by atoms with E-state index in [1.54, 1.807) is 11.8 Å². The molecule has 1 saturated heterocycles. The number of hydrogen-bond donors (Lipinski definition) is 1. The summed E-state index contributed by atoms with van der Waals surface area (Å²) in [6.07, 6.45) is 6.35. The summed E-state index contributed by atoms with van der Waals surface area (Å²) in [4.78, 5) is 24.3. The predicted molar refractivity (Wildman–Crippen MR) is 135 cm³/mol. The summed E-state index contributed by atoms with van der Waals surface area (Å²) >= 11 is 1.61. The summed E-state index contributed by atoms with van der Waals surface area (Å²) < 4.78 is 0. The minimum absolute atomic E-state index is 0.217. The molecular weight excluding hydrogens is 428 g/mol. The number of nitrogens with one attached hydrogen (secondary N) is 1. The van der Waals surface area contributed by atoms with Gasteiger partial charge < -0.3 is 10.2 Å². The SMILES string of the molecule is C=CC(=O)Nc1ccc(Sc2nc(Cc3ccc(C4CCN(C)CC4)cc3)ncc2C)cc1. The topological polar surface area (TPSA) is 58.1 Å². The Bertz CT molecular complexity index is 1100. The zero-order chi connectivity index (χ0) is 23.2. The molecule has 0 saturated carbocycles. The number of likely N-dealkylation sites (tertiary alicyclic amines) is 1. The molecule has 0 radical (unpaired) electrons. The van der Waals surface area contributed by atoms with E-state index in [9.17, 15) is 4.79 Å². The quantitative estimate of drug-likeness (QED) is 0.376. The molecule has 0 aliphatic carbocycles. The van der Waals surface area contributed by atoms with Gasteiger partial charge in [0.15, 0.2) is 0 Å². The van der Waals surface area contributed by atoms with Gasteiger partial charge in [-0.1, -0.05) is 42.6 Å². The number of aromatic nitrogens is 2. The first-order valence-corrected chi connectivity index (χ1v) is 12.1. The van der Waals surface area contributed by atoms with Gasteiger partial charge in [0.2, 0.25) is 5.91 Å². The van der Waals surface area contributed by atoms with E-state index in [2.05, 4.69) is 53.1 Å². The average molecular weight is 459 g/mol. The molecule has 1 N–H and O–H groups in total. The van der Waals surface area contributed by atoms with Crippen LogP contribution in [0.3, 0.4) is 0 Å². The van der Waals surface area contributed by atoms with Crippen LogP contribution in [-0.2, 0) is 11.2 Å². The largest absolute Gasteiger partial charge is 0.323 e. The fourth-order valence-electron chi connectivity index (χ4n) is 3.99. The molecule has 2 aromatic carbocycles. The van der Waals surface area contributed by atoms with E-state index in [-0.39, 0.29) is 5.91 Å². The monoisotopic (exact) mass is 458 g/mol. The summed E-state index contributed by atoms with van der Waals surface area (Å²) in [6, 6.07) is 16.7. The molecule has 1 aliphatic heterocycles. The van der Waals surface area contributed by atoms with Crippen LogP contribution in [-0.4, -0.2) is 40.9 Å². The van der Waals surface area contributed by atoms with Gasteiger partial charge >= 0.3 is 0 Å². The number of benzene rings is 2. The van der Waals surface area contributed by atoms with Crippen molar-refractivity contribution < 1.29 is 4.79 Å². The Labute approximate surface area is 200 Å². The van der Waals surface area contributed by atoms with Crippen LogP contribution in [0.25, 0.3) is 0 Å². The highest BCUT2D eigenvalue weighted by atomic mass is 32.2. The van der Waals surface area contributed by atoms with E-state index in [1.807, 2.05) is 37.4 Å². The van der Waals surface area contributed by atoms with Crippen LogP contribution in [0.5, 0.6) is 0 Å². The van der Waals surface area contributed by atoms with E-state index in [0.29, 0.717) is 12.3 Å². The lowest BCUT2D eigenvalue weighted by atomic mass is 9.89. The van der Waals surface area contributed by atoms with Gasteiger partial charge in [-0.25, -0.2) is 9.97 Å². The molecule has 0 atom stereocenters. The normalized spacial score (nSPS) is 14.7. The molecule has 1 aliphatic rings. The zero-order valence-electron chi connectivity index (χ0n) is 19.3. The summed E-state index contributed by atoms with van der Waals surface area (Å²) in [5.74, 6) is 1.28. The van der Waals surface area contributed by atoms with Crippen LogP contribution in [0.1, 0.15) is 41.3 Å². The number of rotatable bonds is 7. The average Bonchev–Trinajstić information content (AvgIpc) is 2.83. The first-order valence-electron chi connectivity index (χ1n) is 11.3. The maximum absolute atomic E-state index is 11.4. The van der Waals surface area contributed by atoms with Crippen molar-refractivity contribution >= 4 is 23.4 Å². The highest BCUT2D eigenvalue weighted by molar-refractivity contribution is 7.99. The molecule has 5 nitrogen and oxygen atoms in total. The van der Waals surface area contributed by atoms with Crippen molar-refractivity contribution in [2.45, 2.75) is 42.0 Å². The maximum Gasteiger partial charge on any atom is 0.247 e. The lowest BCUT2D eigenvalue weighted by Gasteiger charge is -2.29. The minimum atomic E-state index is -0.217. The van der Waals surface area contributed by atoms with E-state index in [4.69, 9.17) is 4.98 Å². The molecule has 1 aromatic heterocycles. The third-order valence-electron chi connectivity index (χ3n) is 6.03. The third kappa shape index (κ3) is 6.30. The Kier molecular flexibility index (Phi) is 7.57. The van der Waals surface area contributed by atoms with Gasteiger partial charge in [-0.3, -0.25) is 4.79 Å². The lowest BCUT2D eigenvalue weighted by Crippen LogP contribution is -2.29. The number of piperidine rings is 1. The Morgan fingerprint density at radius 3 is 2.52 bits per heavy atom. The number of anilines is 1. The molecule has 4 rings (SSSR count). The second kappa shape index (κ2) is 10.8. The maximum atomic E-state index is 11.4. The van der Waals surface area contributed by atoms with Crippen LogP contribution in [0.15, 0.2) is 77.3 Å². The number of aryl methyl sites for hydroxylation is 1. The number of carbonyl (C=O) groups excluding carboxylic acids is 1. The predicted octanol–water partition coefficient (Wildman–Crippen LogP) is 5.46. The molecule has 0 spiro atoms.